The van der Waals surface area contributed by atoms with Crippen LogP contribution in [0.4, 0.5) is 0 Å². The number of ketones is 2. The molecule has 5 nitrogen and oxygen atoms in total. The molecule has 122 valence electrons. The zero-order valence-corrected chi connectivity index (χ0v) is 13.9. The average molecular weight is 329 g/mol. The van der Waals surface area contributed by atoms with Crippen molar-refractivity contribution in [1.29, 1.82) is 0 Å². The van der Waals surface area contributed by atoms with Gasteiger partial charge in [-0.1, -0.05) is 18.2 Å². The SMILES string of the molecule is CN(C)/C=C/c1c2c(nc3ccccc13)C(=O)c1cnccc1C2=O. The van der Waals surface area contributed by atoms with Crippen LogP contribution in [0.3, 0.4) is 0 Å². The van der Waals surface area contributed by atoms with Gasteiger partial charge >= 0.3 is 0 Å². The molecule has 5 heteroatoms. The number of hydrogen-bond donors (Lipinski definition) is 0. The van der Waals surface area contributed by atoms with Crippen molar-refractivity contribution in [2.24, 2.45) is 0 Å². The van der Waals surface area contributed by atoms with E-state index >= 15 is 0 Å². The van der Waals surface area contributed by atoms with Crippen molar-refractivity contribution in [3.05, 3.63) is 76.9 Å². The van der Waals surface area contributed by atoms with Gasteiger partial charge in [-0.3, -0.25) is 14.6 Å². The van der Waals surface area contributed by atoms with Gasteiger partial charge in [0.05, 0.1) is 16.6 Å². The zero-order chi connectivity index (χ0) is 17.6. The number of nitrogens with zero attached hydrogens (tertiary/aromatic N) is 3. The molecule has 0 saturated carbocycles. The summed E-state index contributed by atoms with van der Waals surface area (Å²) in [6, 6.07) is 9.12. The third kappa shape index (κ3) is 2.32. The number of carbonyl (C=O) groups excluding carboxylic acids is 2. The van der Waals surface area contributed by atoms with E-state index < -0.39 is 0 Å². The van der Waals surface area contributed by atoms with Gasteiger partial charge in [-0.15, -0.1) is 0 Å². The van der Waals surface area contributed by atoms with Crippen LogP contribution in [0.15, 0.2) is 48.9 Å². The van der Waals surface area contributed by atoms with Gasteiger partial charge in [-0.05, 0) is 30.0 Å². The molecule has 1 aliphatic carbocycles. The Morgan fingerprint density at radius 1 is 1.00 bits per heavy atom. The Kier molecular flexibility index (Phi) is 3.42. The normalized spacial score (nSPS) is 13.2. The fourth-order valence-corrected chi connectivity index (χ4v) is 3.06. The van der Waals surface area contributed by atoms with Crippen LogP contribution in [-0.4, -0.2) is 40.5 Å². The van der Waals surface area contributed by atoms with Crippen LogP contribution < -0.4 is 0 Å². The van der Waals surface area contributed by atoms with Crippen molar-refractivity contribution in [3.63, 3.8) is 0 Å². The van der Waals surface area contributed by atoms with E-state index in [1.54, 1.807) is 6.07 Å². The van der Waals surface area contributed by atoms with Gasteiger partial charge in [-0.25, -0.2) is 4.98 Å². The van der Waals surface area contributed by atoms with Gasteiger partial charge in [0.1, 0.15) is 5.69 Å². The van der Waals surface area contributed by atoms with E-state index in [0.717, 1.165) is 10.9 Å². The molecule has 25 heavy (non-hydrogen) atoms. The molecule has 1 aliphatic rings. The molecule has 0 bridgehead atoms. The quantitative estimate of drug-likeness (QED) is 0.566. The summed E-state index contributed by atoms with van der Waals surface area (Å²) in [6.45, 7) is 0. The largest absolute Gasteiger partial charge is 0.383 e. The van der Waals surface area contributed by atoms with E-state index in [9.17, 15) is 9.59 Å². The number of fused-ring (bicyclic) bond motifs is 3. The van der Waals surface area contributed by atoms with Crippen LogP contribution in [0.25, 0.3) is 17.0 Å². The Morgan fingerprint density at radius 2 is 1.80 bits per heavy atom. The van der Waals surface area contributed by atoms with Crippen LogP contribution in [0.1, 0.15) is 37.5 Å². The number of rotatable bonds is 2. The Balaban J connectivity index is 2.09. The molecule has 0 N–H and O–H groups in total. The summed E-state index contributed by atoms with van der Waals surface area (Å²) in [6.07, 6.45) is 6.69. The number of benzene rings is 1. The molecule has 0 amide bonds. The summed E-state index contributed by atoms with van der Waals surface area (Å²) >= 11 is 0. The lowest BCUT2D eigenvalue weighted by molar-refractivity contribution is 0.0975. The van der Waals surface area contributed by atoms with E-state index in [-0.39, 0.29) is 17.3 Å². The van der Waals surface area contributed by atoms with Crippen molar-refractivity contribution in [3.8, 4) is 0 Å². The summed E-state index contributed by atoms with van der Waals surface area (Å²) in [5.74, 6) is -0.452. The minimum Gasteiger partial charge on any atom is -0.383 e. The Bertz CT molecular complexity index is 1070. The lowest BCUT2D eigenvalue weighted by Gasteiger charge is -2.19. The second kappa shape index (κ2) is 5.63. The highest BCUT2D eigenvalue weighted by atomic mass is 16.1. The number of para-hydroxylation sites is 1. The first-order valence-electron chi connectivity index (χ1n) is 7.88. The van der Waals surface area contributed by atoms with Crippen LogP contribution in [0, 0.1) is 0 Å². The molecule has 4 rings (SSSR count). The third-order valence-electron chi connectivity index (χ3n) is 4.22. The van der Waals surface area contributed by atoms with Crippen molar-refractivity contribution in [2.45, 2.75) is 0 Å². The molecule has 0 unspecified atom stereocenters. The van der Waals surface area contributed by atoms with Crippen molar-refractivity contribution < 1.29 is 9.59 Å². The monoisotopic (exact) mass is 329 g/mol. The maximum atomic E-state index is 13.1. The van der Waals surface area contributed by atoms with Gasteiger partial charge in [0.25, 0.3) is 0 Å². The molecule has 2 aromatic heterocycles. The van der Waals surface area contributed by atoms with E-state index in [1.165, 1.54) is 12.4 Å². The Hall–Kier alpha value is -3.34. The predicted molar refractivity (Wildman–Crippen MR) is 95.6 cm³/mol. The minimum atomic E-state index is -0.261. The van der Waals surface area contributed by atoms with Gasteiger partial charge in [0.15, 0.2) is 5.78 Å². The van der Waals surface area contributed by atoms with E-state index in [4.69, 9.17) is 0 Å². The van der Waals surface area contributed by atoms with E-state index in [1.807, 2.05) is 55.5 Å². The number of pyridine rings is 2. The molecule has 0 spiro atoms. The smallest absolute Gasteiger partial charge is 0.214 e. The first kappa shape index (κ1) is 15.2. The average Bonchev–Trinajstić information content (AvgIpc) is 2.63. The fourth-order valence-electron chi connectivity index (χ4n) is 3.06. The molecule has 0 atom stereocenters. The predicted octanol–water partition coefficient (Wildman–Crippen LogP) is 2.94. The van der Waals surface area contributed by atoms with Crippen molar-refractivity contribution in [2.75, 3.05) is 14.1 Å². The zero-order valence-electron chi connectivity index (χ0n) is 13.9. The highest BCUT2D eigenvalue weighted by Gasteiger charge is 2.33. The van der Waals surface area contributed by atoms with E-state index in [0.29, 0.717) is 22.2 Å². The van der Waals surface area contributed by atoms with Crippen molar-refractivity contribution >= 4 is 28.5 Å². The van der Waals surface area contributed by atoms with Gasteiger partial charge in [0, 0.05) is 37.4 Å². The van der Waals surface area contributed by atoms with Gasteiger partial charge in [0.2, 0.25) is 5.78 Å². The summed E-state index contributed by atoms with van der Waals surface area (Å²) < 4.78 is 0. The molecular weight excluding hydrogens is 314 g/mol. The summed E-state index contributed by atoms with van der Waals surface area (Å²) in [7, 11) is 3.81. The molecule has 0 radical (unpaired) electrons. The molecule has 3 aromatic rings. The van der Waals surface area contributed by atoms with Crippen molar-refractivity contribution in [1.82, 2.24) is 14.9 Å². The molecule has 1 aromatic carbocycles. The third-order valence-corrected chi connectivity index (χ3v) is 4.22. The second-order valence-corrected chi connectivity index (χ2v) is 6.13. The summed E-state index contributed by atoms with van der Waals surface area (Å²) in [4.78, 5) is 36.3. The fraction of sp³-hybridized carbons (Fsp3) is 0.100. The first-order chi connectivity index (χ1) is 12.1. The molecule has 0 aliphatic heterocycles. The van der Waals surface area contributed by atoms with Gasteiger partial charge < -0.3 is 4.90 Å². The maximum absolute atomic E-state index is 13.1. The molecule has 0 fully saturated rings. The van der Waals surface area contributed by atoms with Crippen LogP contribution in [0.5, 0.6) is 0 Å². The highest BCUT2D eigenvalue weighted by Crippen LogP contribution is 2.32. The maximum Gasteiger partial charge on any atom is 0.214 e. The number of aromatic nitrogens is 2. The minimum absolute atomic E-state index is 0.191. The topological polar surface area (TPSA) is 63.2 Å². The van der Waals surface area contributed by atoms with Gasteiger partial charge in [-0.2, -0.15) is 0 Å². The second-order valence-electron chi connectivity index (χ2n) is 6.13. The standard InChI is InChI=1S/C20H15N3O2/c1-23(2)10-8-13-12-5-3-4-6-16(12)22-18-17(13)19(24)14-7-9-21-11-15(14)20(18)25/h3-11H,1-2H3/b10-8+. The van der Waals surface area contributed by atoms with Crippen LogP contribution in [-0.2, 0) is 0 Å². The van der Waals surface area contributed by atoms with Crippen LogP contribution >= 0.6 is 0 Å². The lowest BCUT2D eigenvalue weighted by atomic mass is 9.84. The molecular formula is C20H15N3O2. The number of hydrogen-bond acceptors (Lipinski definition) is 5. The highest BCUT2D eigenvalue weighted by molar-refractivity contribution is 6.29. The molecule has 2 heterocycles. The first-order valence-corrected chi connectivity index (χ1v) is 7.88. The van der Waals surface area contributed by atoms with E-state index in [2.05, 4.69) is 9.97 Å². The molecule has 0 saturated heterocycles. The van der Waals surface area contributed by atoms with Crippen LogP contribution in [0.2, 0.25) is 0 Å². The number of carbonyl (C=O) groups is 2. The Labute approximate surface area is 144 Å². The lowest BCUT2D eigenvalue weighted by Crippen LogP contribution is -2.24. The summed E-state index contributed by atoms with van der Waals surface area (Å²) in [5.41, 5.74) is 2.65. The summed E-state index contributed by atoms with van der Waals surface area (Å²) in [5, 5.41) is 0.845. The Morgan fingerprint density at radius 3 is 2.60 bits per heavy atom.